The highest BCUT2D eigenvalue weighted by Crippen LogP contribution is 2.24. The van der Waals surface area contributed by atoms with Crippen LogP contribution in [-0.2, 0) is 20.7 Å². The average Bonchev–Trinajstić information content (AvgIpc) is 2.79. The fourth-order valence-corrected chi connectivity index (χ4v) is 2.33. The van der Waals surface area contributed by atoms with Gasteiger partial charge < -0.3 is 14.0 Å². The number of carbonyl (C=O) groups excluding carboxylic acids is 1. The minimum Gasteiger partial charge on any atom is -0.377 e. The van der Waals surface area contributed by atoms with Gasteiger partial charge in [0.25, 0.3) is 0 Å². The first-order valence-corrected chi connectivity index (χ1v) is 6.47. The van der Waals surface area contributed by atoms with Gasteiger partial charge in [-0.1, -0.05) is 5.16 Å². The zero-order valence-corrected chi connectivity index (χ0v) is 10.4. The SMILES string of the molecule is COCC(=O)Cc1nc(C2CSCCO2)no1. The molecule has 0 radical (unpaired) electrons. The second-order valence-corrected chi connectivity index (χ2v) is 4.78. The Hall–Kier alpha value is -0.920. The summed E-state index contributed by atoms with van der Waals surface area (Å²) in [5, 5.41) is 3.84. The first kappa shape index (κ1) is 12.5. The van der Waals surface area contributed by atoms with Crippen LogP contribution in [0.3, 0.4) is 0 Å². The molecule has 1 unspecified atom stereocenters. The van der Waals surface area contributed by atoms with E-state index in [4.69, 9.17) is 14.0 Å². The van der Waals surface area contributed by atoms with E-state index in [2.05, 4.69) is 10.1 Å². The molecule has 0 aliphatic carbocycles. The molecule has 0 N–H and O–H groups in total. The number of nitrogens with zero attached hydrogens (tertiary/aromatic N) is 2. The van der Waals surface area contributed by atoms with Crippen LogP contribution >= 0.6 is 11.8 Å². The zero-order chi connectivity index (χ0) is 12.1. The lowest BCUT2D eigenvalue weighted by Gasteiger charge is -2.18. The molecule has 2 heterocycles. The Bertz CT molecular complexity index is 376. The van der Waals surface area contributed by atoms with Crippen molar-refractivity contribution >= 4 is 17.5 Å². The summed E-state index contributed by atoms with van der Waals surface area (Å²) in [6.07, 6.45) is -0.00969. The molecular formula is C10H14N2O4S. The third-order valence-electron chi connectivity index (χ3n) is 2.24. The van der Waals surface area contributed by atoms with E-state index in [1.807, 2.05) is 0 Å². The Labute approximate surface area is 103 Å². The number of rotatable bonds is 5. The van der Waals surface area contributed by atoms with Gasteiger partial charge in [-0.15, -0.1) is 0 Å². The number of Topliss-reactive ketones (excluding diaryl/α,β-unsaturated/α-hetero) is 1. The molecule has 1 atom stereocenters. The largest absolute Gasteiger partial charge is 0.377 e. The number of methoxy groups -OCH3 is 1. The van der Waals surface area contributed by atoms with Crippen molar-refractivity contribution in [3.05, 3.63) is 11.7 Å². The second kappa shape index (κ2) is 6.13. The van der Waals surface area contributed by atoms with Crippen LogP contribution < -0.4 is 0 Å². The molecule has 1 aliphatic heterocycles. The van der Waals surface area contributed by atoms with Gasteiger partial charge in [0.2, 0.25) is 11.7 Å². The third-order valence-corrected chi connectivity index (χ3v) is 3.24. The van der Waals surface area contributed by atoms with Gasteiger partial charge in [-0.3, -0.25) is 4.79 Å². The minimum atomic E-state index is -0.122. The highest BCUT2D eigenvalue weighted by atomic mass is 32.2. The summed E-state index contributed by atoms with van der Waals surface area (Å²) in [5.74, 6) is 2.58. The van der Waals surface area contributed by atoms with Gasteiger partial charge in [-0.05, 0) is 0 Å². The monoisotopic (exact) mass is 258 g/mol. The smallest absolute Gasteiger partial charge is 0.234 e. The standard InChI is InChI=1S/C10H14N2O4S/c1-14-5-7(13)4-9-11-10(12-16-9)8-6-17-3-2-15-8/h8H,2-6H2,1H3. The number of ether oxygens (including phenoxy) is 2. The van der Waals surface area contributed by atoms with Crippen molar-refractivity contribution in [2.75, 3.05) is 31.8 Å². The van der Waals surface area contributed by atoms with Crippen molar-refractivity contribution in [3.63, 3.8) is 0 Å². The van der Waals surface area contributed by atoms with Crippen molar-refractivity contribution < 1.29 is 18.8 Å². The number of carbonyl (C=O) groups is 1. The Balaban J connectivity index is 1.93. The summed E-state index contributed by atoms with van der Waals surface area (Å²) in [7, 11) is 1.48. The van der Waals surface area contributed by atoms with E-state index >= 15 is 0 Å². The van der Waals surface area contributed by atoms with E-state index in [-0.39, 0.29) is 24.9 Å². The van der Waals surface area contributed by atoms with Crippen LogP contribution in [-0.4, -0.2) is 47.8 Å². The average molecular weight is 258 g/mol. The Morgan fingerprint density at radius 1 is 1.65 bits per heavy atom. The Kier molecular flexibility index (Phi) is 4.52. The molecule has 2 rings (SSSR count). The summed E-state index contributed by atoms with van der Waals surface area (Å²) >= 11 is 1.80. The molecule has 0 aromatic carbocycles. The third kappa shape index (κ3) is 3.52. The normalized spacial score (nSPS) is 20.4. The van der Waals surface area contributed by atoms with E-state index in [9.17, 15) is 4.79 Å². The summed E-state index contributed by atoms with van der Waals surface area (Å²) in [6, 6.07) is 0. The molecule has 1 aromatic heterocycles. The molecule has 1 fully saturated rings. The maximum atomic E-state index is 11.3. The highest BCUT2D eigenvalue weighted by Gasteiger charge is 2.22. The van der Waals surface area contributed by atoms with Gasteiger partial charge >= 0.3 is 0 Å². The van der Waals surface area contributed by atoms with Crippen molar-refractivity contribution in [1.29, 1.82) is 0 Å². The number of hydrogen-bond acceptors (Lipinski definition) is 7. The topological polar surface area (TPSA) is 74.5 Å². The van der Waals surface area contributed by atoms with Crippen LogP contribution in [0.25, 0.3) is 0 Å². The lowest BCUT2D eigenvalue weighted by Crippen LogP contribution is -2.17. The molecule has 6 nitrogen and oxygen atoms in total. The van der Waals surface area contributed by atoms with Crippen LogP contribution in [0.15, 0.2) is 4.52 Å². The van der Waals surface area contributed by atoms with Gasteiger partial charge in [0.15, 0.2) is 5.78 Å². The molecule has 0 saturated carbocycles. The van der Waals surface area contributed by atoms with Crippen LogP contribution in [0.4, 0.5) is 0 Å². The van der Waals surface area contributed by atoms with E-state index in [0.717, 1.165) is 11.5 Å². The lowest BCUT2D eigenvalue weighted by molar-refractivity contribution is -0.122. The quantitative estimate of drug-likeness (QED) is 0.766. The van der Waals surface area contributed by atoms with E-state index in [1.54, 1.807) is 11.8 Å². The molecule has 0 amide bonds. The molecule has 1 aromatic rings. The number of thioether (sulfide) groups is 1. The van der Waals surface area contributed by atoms with Gasteiger partial charge in [-0.25, -0.2) is 0 Å². The minimum absolute atomic E-state index is 0.0630. The van der Waals surface area contributed by atoms with Crippen molar-refractivity contribution in [3.8, 4) is 0 Å². The first-order valence-electron chi connectivity index (χ1n) is 5.32. The van der Waals surface area contributed by atoms with Crippen molar-refractivity contribution in [2.45, 2.75) is 12.5 Å². The maximum Gasteiger partial charge on any atom is 0.234 e. The van der Waals surface area contributed by atoms with Gasteiger partial charge in [0, 0.05) is 18.6 Å². The summed E-state index contributed by atoms with van der Waals surface area (Å²) < 4.78 is 15.3. The molecule has 1 saturated heterocycles. The maximum absolute atomic E-state index is 11.3. The lowest BCUT2D eigenvalue weighted by atomic mass is 10.3. The summed E-state index contributed by atoms with van der Waals surface area (Å²) in [6.45, 7) is 0.759. The van der Waals surface area contributed by atoms with Crippen LogP contribution in [0.2, 0.25) is 0 Å². The molecular weight excluding hydrogens is 244 g/mol. The molecule has 0 spiro atoms. The van der Waals surface area contributed by atoms with E-state index in [1.165, 1.54) is 7.11 Å². The van der Waals surface area contributed by atoms with E-state index in [0.29, 0.717) is 18.3 Å². The van der Waals surface area contributed by atoms with Crippen molar-refractivity contribution in [2.24, 2.45) is 0 Å². The molecule has 94 valence electrons. The van der Waals surface area contributed by atoms with Gasteiger partial charge in [-0.2, -0.15) is 16.7 Å². The van der Waals surface area contributed by atoms with Crippen LogP contribution in [0.1, 0.15) is 17.8 Å². The summed E-state index contributed by atoms with van der Waals surface area (Å²) in [5.41, 5.74) is 0. The molecule has 7 heteroatoms. The molecule has 17 heavy (non-hydrogen) atoms. The number of hydrogen-bond donors (Lipinski definition) is 0. The highest BCUT2D eigenvalue weighted by molar-refractivity contribution is 7.99. The van der Waals surface area contributed by atoms with Gasteiger partial charge in [0.1, 0.15) is 12.7 Å². The van der Waals surface area contributed by atoms with Crippen molar-refractivity contribution in [1.82, 2.24) is 10.1 Å². The Morgan fingerprint density at radius 2 is 2.53 bits per heavy atom. The van der Waals surface area contributed by atoms with Gasteiger partial charge in [0.05, 0.1) is 13.0 Å². The predicted octanol–water partition coefficient (Wildman–Crippen LogP) is 0.632. The molecule has 1 aliphatic rings. The van der Waals surface area contributed by atoms with E-state index < -0.39 is 0 Å². The molecule has 0 bridgehead atoms. The van der Waals surface area contributed by atoms with Crippen LogP contribution in [0.5, 0.6) is 0 Å². The fraction of sp³-hybridized carbons (Fsp3) is 0.700. The number of aromatic nitrogens is 2. The first-order chi connectivity index (χ1) is 8.29. The zero-order valence-electron chi connectivity index (χ0n) is 9.55. The summed E-state index contributed by atoms with van der Waals surface area (Å²) in [4.78, 5) is 15.5. The fourth-order valence-electron chi connectivity index (χ4n) is 1.49. The number of ketones is 1. The predicted molar refractivity (Wildman–Crippen MR) is 60.9 cm³/mol. The van der Waals surface area contributed by atoms with Crippen LogP contribution in [0, 0.1) is 0 Å². The Morgan fingerprint density at radius 3 is 3.24 bits per heavy atom. The second-order valence-electron chi connectivity index (χ2n) is 3.63.